The smallest absolute Gasteiger partial charge is 0.344 e. The average molecular weight is 387 g/mol. The number of carbonyl (C=O) groups excluding carboxylic acids is 2. The number of amides is 1. The summed E-state index contributed by atoms with van der Waals surface area (Å²) in [6.07, 6.45) is 0. The Kier molecular flexibility index (Phi) is 5.41. The fraction of sp³-hybridized carbons (Fsp3) is 0.333. The molecule has 8 heteroatoms. The van der Waals surface area contributed by atoms with Gasteiger partial charge in [0.05, 0.1) is 14.9 Å². The fourth-order valence-electron chi connectivity index (χ4n) is 0.995. The van der Waals surface area contributed by atoms with Gasteiger partial charge >= 0.3 is 5.97 Å². The Hall–Kier alpha value is -0.600. The van der Waals surface area contributed by atoms with E-state index >= 15 is 0 Å². The first kappa shape index (κ1) is 14.5. The van der Waals surface area contributed by atoms with Gasteiger partial charge in [0.1, 0.15) is 4.88 Å². The Bertz CT molecular complexity index is 446. The number of halogens is 2. The topological polar surface area (TPSA) is 78.6 Å². The van der Waals surface area contributed by atoms with Crippen LogP contribution in [0.4, 0.5) is 0 Å². The monoisotopic (exact) mass is 385 g/mol. The molecule has 1 amide bonds. The Balaban J connectivity index is 2.83. The number of carbonyl (C=O) groups is 2. The molecule has 1 rings (SSSR count). The van der Waals surface area contributed by atoms with E-state index in [1.807, 2.05) is 0 Å². The van der Waals surface area contributed by atoms with Crippen LogP contribution in [-0.2, 0) is 9.53 Å². The lowest BCUT2D eigenvalue weighted by Crippen LogP contribution is -2.17. The maximum atomic E-state index is 11.2. The van der Waals surface area contributed by atoms with E-state index in [0.29, 0.717) is 8.26 Å². The highest BCUT2D eigenvalue weighted by atomic mass is 79.9. The molecule has 0 saturated carbocycles. The van der Waals surface area contributed by atoms with E-state index in [2.05, 4.69) is 31.9 Å². The van der Waals surface area contributed by atoms with Gasteiger partial charge < -0.3 is 15.2 Å². The molecule has 0 spiro atoms. The van der Waals surface area contributed by atoms with Gasteiger partial charge in [0.15, 0.2) is 12.4 Å². The van der Waals surface area contributed by atoms with Crippen molar-refractivity contribution in [2.75, 3.05) is 13.2 Å². The van der Waals surface area contributed by atoms with Gasteiger partial charge in [-0.3, -0.25) is 4.79 Å². The molecule has 94 valence electrons. The first-order chi connectivity index (χ1) is 7.97. The minimum atomic E-state index is -0.611. The summed E-state index contributed by atoms with van der Waals surface area (Å²) in [5, 5.41) is 0. The van der Waals surface area contributed by atoms with Gasteiger partial charge in [-0.1, -0.05) is 0 Å². The molecular weight excluding hydrogens is 378 g/mol. The molecule has 0 aliphatic heterocycles. The van der Waals surface area contributed by atoms with E-state index in [1.165, 1.54) is 0 Å². The lowest BCUT2D eigenvalue weighted by Gasteiger charge is -2.06. The molecule has 1 aromatic rings. The predicted molar refractivity (Wildman–Crippen MR) is 70.4 cm³/mol. The molecule has 1 heterocycles. The first-order valence-electron chi connectivity index (χ1n) is 4.53. The molecule has 0 saturated heterocycles. The normalized spacial score (nSPS) is 10.1. The van der Waals surface area contributed by atoms with Crippen LogP contribution in [0, 0.1) is 0 Å². The van der Waals surface area contributed by atoms with Crippen LogP contribution in [0.3, 0.4) is 0 Å². The van der Waals surface area contributed by atoms with Crippen LogP contribution < -0.4 is 10.5 Å². The Morgan fingerprint density at radius 1 is 1.41 bits per heavy atom. The Labute approximate surface area is 119 Å². The van der Waals surface area contributed by atoms with Crippen molar-refractivity contribution in [3.8, 4) is 5.75 Å². The summed E-state index contributed by atoms with van der Waals surface area (Å²) >= 11 is 7.61. The van der Waals surface area contributed by atoms with Crippen molar-refractivity contribution in [1.29, 1.82) is 0 Å². The van der Waals surface area contributed by atoms with Crippen LogP contribution in [0.1, 0.15) is 16.6 Å². The summed E-state index contributed by atoms with van der Waals surface area (Å²) in [4.78, 5) is 22.5. The SMILES string of the molecule is CCOC(=O)COc1c(C(N)=O)sc(Br)c1Br. The molecule has 0 radical (unpaired) electrons. The van der Waals surface area contributed by atoms with Gasteiger partial charge in [0, 0.05) is 0 Å². The van der Waals surface area contributed by atoms with Crippen molar-refractivity contribution < 1.29 is 19.1 Å². The van der Waals surface area contributed by atoms with Crippen LogP contribution in [0.15, 0.2) is 8.26 Å². The number of hydrogen-bond acceptors (Lipinski definition) is 5. The molecule has 0 bridgehead atoms. The highest BCUT2D eigenvalue weighted by Gasteiger charge is 2.21. The van der Waals surface area contributed by atoms with Crippen LogP contribution >= 0.6 is 43.2 Å². The van der Waals surface area contributed by atoms with Gasteiger partial charge in [-0.2, -0.15) is 0 Å². The van der Waals surface area contributed by atoms with Crippen molar-refractivity contribution in [2.24, 2.45) is 5.73 Å². The second-order valence-electron chi connectivity index (χ2n) is 2.81. The highest BCUT2D eigenvalue weighted by molar-refractivity contribution is 9.13. The van der Waals surface area contributed by atoms with Gasteiger partial charge in [0.2, 0.25) is 0 Å². The summed E-state index contributed by atoms with van der Waals surface area (Å²) in [6.45, 7) is 1.71. The maximum absolute atomic E-state index is 11.2. The van der Waals surface area contributed by atoms with Crippen LogP contribution in [0.5, 0.6) is 5.75 Å². The molecule has 0 aliphatic carbocycles. The standard InChI is InChI=1S/C9H9Br2NO4S/c1-2-15-4(13)3-16-6-5(10)8(11)17-7(6)9(12)14/h2-3H2,1H3,(H2,12,14). The zero-order valence-corrected chi connectivity index (χ0v) is 12.8. The maximum Gasteiger partial charge on any atom is 0.344 e. The molecule has 0 atom stereocenters. The number of hydrogen-bond donors (Lipinski definition) is 1. The van der Waals surface area contributed by atoms with E-state index in [4.69, 9.17) is 15.2 Å². The molecule has 0 aliphatic rings. The number of rotatable bonds is 5. The lowest BCUT2D eigenvalue weighted by atomic mass is 10.4. The average Bonchev–Trinajstić information content (AvgIpc) is 2.54. The van der Waals surface area contributed by atoms with Crippen LogP contribution in [0.2, 0.25) is 0 Å². The van der Waals surface area contributed by atoms with E-state index < -0.39 is 11.9 Å². The van der Waals surface area contributed by atoms with Gasteiger partial charge in [0.25, 0.3) is 5.91 Å². The fourth-order valence-corrected chi connectivity index (χ4v) is 3.06. The van der Waals surface area contributed by atoms with E-state index in [1.54, 1.807) is 6.92 Å². The molecule has 2 N–H and O–H groups in total. The Morgan fingerprint density at radius 2 is 2.06 bits per heavy atom. The van der Waals surface area contributed by atoms with Gasteiger partial charge in [-0.05, 0) is 38.8 Å². The number of thiophene rings is 1. The number of ether oxygens (including phenoxy) is 2. The molecule has 0 fully saturated rings. The summed E-state index contributed by atoms with van der Waals surface area (Å²) in [7, 11) is 0. The largest absolute Gasteiger partial charge is 0.479 e. The van der Waals surface area contributed by atoms with Crippen molar-refractivity contribution in [1.82, 2.24) is 0 Å². The first-order valence-corrected chi connectivity index (χ1v) is 6.93. The van der Waals surface area contributed by atoms with E-state index in [0.717, 1.165) is 11.3 Å². The highest BCUT2D eigenvalue weighted by Crippen LogP contribution is 2.42. The second-order valence-corrected chi connectivity index (χ2v) is 5.94. The minimum absolute atomic E-state index is 0.244. The number of primary amides is 1. The van der Waals surface area contributed by atoms with Crippen molar-refractivity contribution >= 4 is 55.1 Å². The van der Waals surface area contributed by atoms with E-state index in [9.17, 15) is 9.59 Å². The number of nitrogens with two attached hydrogens (primary N) is 1. The molecule has 0 unspecified atom stereocenters. The molecule has 1 aromatic heterocycles. The zero-order chi connectivity index (χ0) is 13.0. The zero-order valence-electron chi connectivity index (χ0n) is 8.79. The predicted octanol–water partition coefficient (Wildman–Crippen LogP) is 2.31. The third-order valence-electron chi connectivity index (χ3n) is 1.63. The summed E-state index contributed by atoms with van der Waals surface area (Å²) in [6, 6.07) is 0. The van der Waals surface area contributed by atoms with Crippen LogP contribution in [0.25, 0.3) is 0 Å². The van der Waals surface area contributed by atoms with E-state index in [-0.39, 0.29) is 23.8 Å². The van der Waals surface area contributed by atoms with Crippen molar-refractivity contribution in [2.45, 2.75) is 6.92 Å². The molecule has 0 aromatic carbocycles. The van der Waals surface area contributed by atoms with Crippen molar-refractivity contribution in [3.63, 3.8) is 0 Å². The summed E-state index contributed by atoms with van der Waals surface area (Å²) < 4.78 is 11.2. The lowest BCUT2D eigenvalue weighted by molar-refractivity contribution is -0.145. The van der Waals surface area contributed by atoms with Gasteiger partial charge in [-0.25, -0.2) is 4.79 Å². The Morgan fingerprint density at radius 3 is 2.59 bits per heavy atom. The summed E-state index contributed by atoms with van der Waals surface area (Å²) in [5.74, 6) is -0.861. The van der Waals surface area contributed by atoms with Gasteiger partial charge in [-0.15, -0.1) is 11.3 Å². The second kappa shape index (κ2) is 6.36. The summed E-state index contributed by atoms with van der Waals surface area (Å²) in [5.41, 5.74) is 5.20. The molecule has 17 heavy (non-hydrogen) atoms. The van der Waals surface area contributed by atoms with Crippen LogP contribution in [-0.4, -0.2) is 25.1 Å². The molecule has 5 nitrogen and oxygen atoms in total. The van der Waals surface area contributed by atoms with Crippen molar-refractivity contribution in [3.05, 3.63) is 13.1 Å². The minimum Gasteiger partial charge on any atom is -0.479 e. The third-order valence-corrected chi connectivity index (χ3v) is 5.04. The molecular formula is C9H9Br2NO4S. The third kappa shape index (κ3) is 3.68. The quantitative estimate of drug-likeness (QED) is 0.787. The number of esters is 1.